The maximum atomic E-state index is 10.6. The Hall–Kier alpha value is -1.99. The van der Waals surface area contributed by atoms with E-state index in [1.54, 1.807) is 12.1 Å². The van der Waals surface area contributed by atoms with Gasteiger partial charge in [0.15, 0.2) is 6.10 Å². The summed E-state index contributed by atoms with van der Waals surface area (Å²) < 4.78 is 0. The van der Waals surface area contributed by atoms with Crippen molar-refractivity contribution in [2.24, 2.45) is 5.92 Å². The maximum absolute atomic E-state index is 10.6. The zero-order valence-electron chi connectivity index (χ0n) is 16.4. The standard InChI is InChI=1S/C12H17NO3.C10H16/c1-3-13(4-2)10-7-5-9(6-8-10)11(14)12(15)16;1-2-3-7-10-8-5-4-6-9-10/h5-8,11,14H,3-4H2,1-2H3,(H,15,16);10H,4-9H2,1H3. The molecule has 1 aliphatic carbocycles. The molecule has 0 spiro atoms. The van der Waals surface area contributed by atoms with Crippen LogP contribution >= 0.6 is 0 Å². The number of carboxylic acids is 1. The Morgan fingerprint density at radius 2 is 1.73 bits per heavy atom. The molecule has 4 heteroatoms. The van der Waals surface area contributed by atoms with Crippen LogP contribution in [0.1, 0.15) is 71.0 Å². The van der Waals surface area contributed by atoms with Crippen molar-refractivity contribution in [2.45, 2.75) is 65.4 Å². The highest BCUT2D eigenvalue weighted by Crippen LogP contribution is 2.25. The normalized spacial score (nSPS) is 15.1. The van der Waals surface area contributed by atoms with Crippen molar-refractivity contribution in [3.8, 4) is 11.8 Å². The molecule has 1 aliphatic rings. The van der Waals surface area contributed by atoms with Crippen LogP contribution in [0.5, 0.6) is 0 Å². The number of aliphatic hydroxyl groups is 1. The van der Waals surface area contributed by atoms with Gasteiger partial charge in [-0.05, 0) is 57.2 Å². The van der Waals surface area contributed by atoms with Gasteiger partial charge < -0.3 is 15.1 Å². The molecule has 26 heavy (non-hydrogen) atoms. The minimum absolute atomic E-state index is 0.406. The smallest absolute Gasteiger partial charge is 0.337 e. The number of nitrogens with zero attached hydrogens (tertiary/aromatic N) is 1. The number of rotatable bonds is 6. The molecule has 0 heterocycles. The number of aliphatic hydroxyl groups excluding tert-OH is 1. The molecular weight excluding hydrogens is 326 g/mol. The van der Waals surface area contributed by atoms with Crippen LogP contribution in [0.4, 0.5) is 5.69 Å². The predicted molar refractivity (Wildman–Crippen MR) is 107 cm³/mol. The fourth-order valence-corrected chi connectivity index (χ4v) is 3.24. The molecular formula is C22H33NO3. The molecule has 2 rings (SSSR count). The van der Waals surface area contributed by atoms with Gasteiger partial charge in [0.1, 0.15) is 0 Å². The van der Waals surface area contributed by atoms with Crippen molar-refractivity contribution in [2.75, 3.05) is 18.0 Å². The van der Waals surface area contributed by atoms with E-state index >= 15 is 0 Å². The lowest BCUT2D eigenvalue weighted by atomic mass is 9.87. The molecule has 144 valence electrons. The Morgan fingerprint density at radius 1 is 1.15 bits per heavy atom. The molecule has 0 saturated heterocycles. The average molecular weight is 360 g/mol. The van der Waals surface area contributed by atoms with Crippen molar-refractivity contribution >= 4 is 11.7 Å². The summed E-state index contributed by atoms with van der Waals surface area (Å²) in [4.78, 5) is 12.7. The number of hydrogen-bond acceptors (Lipinski definition) is 3. The molecule has 0 aromatic heterocycles. The lowest BCUT2D eigenvalue weighted by Crippen LogP contribution is -2.21. The van der Waals surface area contributed by atoms with E-state index in [0.29, 0.717) is 5.56 Å². The molecule has 1 unspecified atom stereocenters. The average Bonchev–Trinajstić information content (AvgIpc) is 2.68. The first-order chi connectivity index (χ1) is 12.5. The van der Waals surface area contributed by atoms with Gasteiger partial charge in [0.2, 0.25) is 0 Å². The monoisotopic (exact) mass is 359 g/mol. The van der Waals surface area contributed by atoms with E-state index in [9.17, 15) is 9.90 Å². The third-order valence-electron chi connectivity index (χ3n) is 4.86. The topological polar surface area (TPSA) is 60.8 Å². The Morgan fingerprint density at radius 3 is 2.19 bits per heavy atom. The summed E-state index contributed by atoms with van der Waals surface area (Å²) in [7, 11) is 0. The summed E-state index contributed by atoms with van der Waals surface area (Å²) in [5, 5.41) is 18.0. The summed E-state index contributed by atoms with van der Waals surface area (Å²) in [5.74, 6) is 5.84. The lowest BCUT2D eigenvalue weighted by molar-refractivity contribution is -0.146. The van der Waals surface area contributed by atoms with Crippen LogP contribution in [0.2, 0.25) is 0 Å². The first-order valence-corrected chi connectivity index (χ1v) is 9.68. The number of aliphatic carboxylic acids is 1. The second-order valence-electron chi connectivity index (χ2n) is 6.64. The summed E-state index contributed by atoms with van der Waals surface area (Å²) in [5.41, 5.74) is 1.44. The van der Waals surface area contributed by atoms with E-state index in [-0.39, 0.29) is 0 Å². The number of benzene rings is 1. The third kappa shape index (κ3) is 7.49. The van der Waals surface area contributed by atoms with Crippen LogP contribution in [0.15, 0.2) is 24.3 Å². The van der Waals surface area contributed by atoms with E-state index in [1.807, 2.05) is 19.1 Å². The first kappa shape index (κ1) is 22.1. The Balaban J connectivity index is 0.000000289. The fraction of sp³-hybridized carbons (Fsp3) is 0.591. The van der Waals surface area contributed by atoms with Crippen molar-refractivity contribution in [1.82, 2.24) is 0 Å². The molecule has 0 bridgehead atoms. The van der Waals surface area contributed by atoms with Crippen molar-refractivity contribution in [3.05, 3.63) is 29.8 Å². The zero-order valence-corrected chi connectivity index (χ0v) is 16.4. The molecule has 0 radical (unpaired) electrons. The third-order valence-corrected chi connectivity index (χ3v) is 4.86. The van der Waals surface area contributed by atoms with Crippen LogP contribution in [-0.2, 0) is 4.79 Å². The largest absolute Gasteiger partial charge is 0.479 e. The highest BCUT2D eigenvalue weighted by molar-refractivity contribution is 5.74. The number of carboxylic acid groups (broad SMARTS) is 1. The van der Waals surface area contributed by atoms with Crippen LogP contribution in [0, 0.1) is 17.8 Å². The van der Waals surface area contributed by atoms with E-state index in [1.165, 1.54) is 32.1 Å². The quantitative estimate of drug-likeness (QED) is 0.727. The summed E-state index contributed by atoms with van der Waals surface area (Å²) in [6.45, 7) is 7.85. The summed E-state index contributed by atoms with van der Waals surface area (Å²) in [6, 6.07) is 6.95. The Labute approximate surface area is 158 Å². The number of anilines is 1. The van der Waals surface area contributed by atoms with Gasteiger partial charge in [-0.25, -0.2) is 4.79 Å². The van der Waals surface area contributed by atoms with Gasteiger partial charge >= 0.3 is 5.97 Å². The van der Waals surface area contributed by atoms with Crippen LogP contribution < -0.4 is 4.90 Å². The Bertz CT molecular complexity index is 576. The minimum atomic E-state index is -1.44. The SMILES string of the molecule is CC#CCC1CCCCC1.CCN(CC)c1ccc(C(O)C(=O)O)cc1. The van der Waals surface area contributed by atoms with E-state index in [0.717, 1.165) is 31.1 Å². The second-order valence-corrected chi connectivity index (χ2v) is 6.64. The molecule has 4 nitrogen and oxygen atoms in total. The van der Waals surface area contributed by atoms with Crippen LogP contribution in [-0.4, -0.2) is 29.3 Å². The second kappa shape index (κ2) is 12.4. The van der Waals surface area contributed by atoms with Gasteiger partial charge in [0, 0.05) is 25.2 Å². The van der Waals surface area contributed by atoms with Crippen LogP contribution in [0.25, 0.3) is 0 Å². The van der Waals surface area contributed by atoms with Crippen molar-refractivity contribution in [3.63, 3.8) is 0 Å². The van der Waals surface area contributed by atoms with Crippen molar-refractivity contribution in [1.29, 1.82) is 0 Å². The van der Waals surface area contributed by atoms with E-state index in [4.69, 9.17) is 5.11 Å². The first-order valence-electron chi connectivity index (χ1n) is 9.68. The molecule has 1 aromatic carbocycles. The molecule has 0 amide bonds. The van der Waals surface area contributed by atoms with Gasteiger partial charge in [0.25, 0.3) is 0 Å². The van der Waals surface area contributed by atoms with Gasteiger partial charge in [-0.2, -0.15) is 0 Å². The summed E-state index contributed by atoms with van der Waals surface area (Å²) >= 11 is 0. The zero-order chi connectivity index (χ0) is 19.4. The van der Waals surface area contributed by atoms with Gasteiger partial charge in [-0.3, -0.25) is 0 Å². The van der Waals surface area contributed by atoms with Gasteiger partial charge in [-0.15, -0.1) is 11.8 Å². The molecule has 1 saturated carbocycles. The molecule has 1 aromatic rings. The van der Waals surface area contributed by atoms with Crippen LogP contribution in [0.3, 0.4) is 0 Å². The number of carbonyl (C=O) groups is 1. The van der Waals surface area contributed by atoms with Gasteiger partial charge in [-0.1, -0.05) is 31.4 Å². The highest BCUT2D eigenvalue weighted by atomic mass is 16.4. The molecule has 0 aliphatic heterocycles. The maximum Gasteiger partial charge on any atom is 0.337 e. The fourth-order valence-electron chi connectivity index (χ4n) is 3.24. The lowest BCUT2D eigenvalue weighted by Gasteiger charge is -2.21. The molecule has 2 N–H and O–H groups in total. The highest BCUT2D eigenvalue weighted by Gasteiger charge is 2.15. The Kier molecular flexibility index (Phi) is 10.5. The predicted octanol–water partition coefficient (Wildman–Crippen LogP) is 4.63. The van der Waals surface area contributed by atoms with Gasteiger partial charge in [0.05, 0.1) is 0 Å². The summed E-state index contributed by atoms with van der Waals surface area (Å²) in [6.07, 6.45) is 6.90. The molecule has 1 atom stereocenters. The number of hydrogen-bond donors (Lipinski definition) is 2. The van der Waals surface area contributed by atoms with Crippen molar-refractivity contribution < 1.29 is 15.0 Å². The minimum Gasteiger partial charge on any atom is -0.479 e. The molecule has 1 fully saturated rings. The van der Waals surface area contributed by atoms with E-state index < -0.39 is 12.1 Å². The van der Waals surface area contributed by atoms with E-state index in [2.05, 4.69) is 30.6 Å².